The lowest BCUT2D eigenvalue weighted by Crippen LogP contribution is -2.48. The number of halogens is 1. The van der Waals surface area contributed by atoms with Gasteiger partial charge < -0.3 is 20.1 Å². The van der Waals surface area contributed by atoms with E-state index >= 15 is 0 Å². The van der Waals surface area contributed by atoms with Crippen LogP contribution in [0.3, 0.4) is 0 Å². The van der Waals surface area contributed by atoms with Crippen molar-refractivity contribution in [3.63, 3.8) is 0 Å². The molecule has 0 bridgehead atoms. The van der Waals surface area contributed by atoms with E-state index in [1.54, 1.807) is 0 Å². The predicted molar refractivity (Wildman–Crippen MR) is 141 cm³/mol. The van der Waals surface area contributed by atoms with Crippen LogP contribution in [0.5, 0.6) is 0 Å². The molecule has 0 aliphatic carbocycles. The fourth-order valence-corrected chi connectivity index (χ4v) is 3.87. The Balaban J connectivity index is 0.00000289. The molecule has 1 aliphatic heterocycles. The van der Waals surface area contributed by atoms with Gasteiger partial charge in [-0.2, -0.15) is 0 Å². The average Bonchev–Trinajstić information content (AvgIpc) is 3.26. The van der Waals surface area contributed by atoms with Crippen molar-refractivity contribution < 1.29 is 0 Å². The molecule has 1 saturated heterocycles. The van der Waals surface area contributed by atoms with Gasteiger partial charge in [-0.3, -0.25) is 0 Å². The summed E-state index contributed by atoms with van der Waals surface area (Å²) in [6.07, 6.45) is 7.84. The van der Waals surface area contributed by atoms with Gasteiger partial charge in [0.1, 0.15) is 18.2 Å². The summed E-state index contributed by atoms with van der Waals surface area (Å²) in [7, 11) is 0. The Hall–Kier alpha value is -2.62. The maximum atomic E-state index is 4.81. The smallest absolute Gasteiger partial charge is 0.191 e. The van der Waals surface area contributed by atoms with E-state index in [2.05, 4.69) is 67.3 Å². The number of guanidine groups is 1. The van der Waals surface area contributed by atoms with E-state index in [-0.39, 0.29) is 24.0 Å². The second kappa shape index (κ2) is 12.4. The topological polar surface area (TPSA) is 70.4 Å². The third-order valence-corrected chi connectivity index (χ3v) is 5.53. The van der Waals surface area contributed by atoms with Crippen molar-refractivity contribution in [1.29, 1.82) is 0 Å². The van der Waals surface area contributed by atoms with Crippen molar-refractivity contribution in [3.8, 4) is 0 Å². The minimum Gasteiger partial charge on any atom is -0.357 e. The van der Waals surface area contributed by atoms with Gasteiger partial charge in [0.15, 0.2) is 5.96 Å². The monoisotopic (exact) mass is 545 g/mol. The van der Waals surface area contributed by atoms with Crippen LogP contribution in [0.2, 0.25) is 0 Å². The van der Waals surface area contributed by atoms with Crippen molar-refractivity contribution in [2.24, 2.45) is 4.99 Å². The molecule has 4 rings (SSSR count). The van der Waals surface area contributed by atoms with Gasteiger partial charge in [-0.25, -0.2) is 15.0 Å². The molecule has 32 heavy (non-hydrogen) atoms. The molecule has 1 fully saturated rings. The summed E-state index contributed by atoms with van der Waals surface area (Å²) in [4.78, 5) is 16.2. The number of anilines is 1. The van der Waals surface area contributed by atoms with E-state index in [0.29, 0.717) is 12.6 Å². The normalized spacial score (nSPS) is 14.7. The molecule has 3 aromatic rings. The van der Waals surface area contributed by atoms with Crippen LogP contribution in [-0.2, 0) is 13.1 Å². The van der Waals surface area contributed by atoms with Crippen LogP contribution in [0.25, 0.3) is 0 Å². The quantitative estimate of drug-likeness (QED) is 0.270. The number of nitrogens with one attached hydrogen (secondary N) is 2. The second-order valence-electron chi connectivity index (χ2n) is 7.75. The van der Waals surface area contributed by atoms with Gasteiger partial charge in [0.05, 0.1) is 0 Å². The molecule has 0 radical (unpaired) electrons. The van der Waals surface area contributed by atoms with Gasteiger partial charge in [-0.15, -0.1) is 24.0 Å². The first-order chi connectivity index (χ1) is 15.3. The summed E-state index contributed by atoms with van der Waals surface area (Å²) >= 11 is 0. The predicted octanol–water partition coefficient (Wildman–Crippen LogP) is 3.67. The first kappa shape index (κ1) is 24.0. The highest BCUT2D eigenvalue weighted by Crippen LogP contribution is 2.17. The maximum absolute atomic E-state index is 4.81. The van der Waals surface area contributed by atoms with Gasteiger partial charge >= 0.3 is 0 Å². The van der Waals surface area contributed by atoms with Gasteiger partial charge in [0.2, 0.25) is 0 Å². The highest BCUT2D eigenvalue weighted by Gasteiger charge is 2.20. The fourth-order valence-electron chi connectivity index (χ4n) is 3.87. The first-order valence-corrected chi connectivity index (χ1v) is 11.1. The van der Waals surface area contributed by atoms with Crippen molar-refractivity contribution in [2.75, 3.05) is 24.5 Å². The summed E-state index contributed by atoms with van der Waals surface area (Å²) in [6, 6.07) is 16.9. The molecule has 0 atom stereocenters. The maximum Gasteiger partial charge on any atom is 0.191 e. The van der Waals surface area contributed by atoms with Crippen LogP contribution in [0.15, 0.2) is 72.1 Å². The van der Waals surface area contributed by atoms with Gasteiger partial charge in [0, 0.05) is 50.8 Å². The van der Waals surface area contributed by atoms with Crippen LogP contribution >= 0.6 is 24.0 Å². The highest BCUT2D eigenvalue weighted by atomic mass is 127. The number of benzene rings is 1. The van der Waals surface area contributed by atoms with E-state index in [1.165, 1.54) is 5.56 Å². The number of piperidine rings is 1. The average molecular weight is 545 g/mol. The lowest BCUT2D eigenvalue weighted by molar-refractivity contribution is 0.459. The van der Waals surface area contributed by atoms with E-state index < -0.39 is 0 Å². The Morgan fingerprint density at radius 3 is 2.53 bits per heavy atom. The molecule has 170 valence electrons. The summed E-state index contributed by atoms with van der Waals surface area (Å²) in [5.41, 5.74) is 1.26. The zero-order chi connectivity index (χ0) is 21.3. The summed E-state index contributed by atoms with van der Waals surface area (Å²) in [6.45, 7) is 6.27. The second-order valence-corrected chi connectivity index (χ2v) is 7.75. The Labute approximate surface area is 207 Å². The number of hydrogen-bond acceptors (Lipinski definition) is 4. The Morgan fingerprint density at radius 1 is 1.03 bits per heavy atom. The van der Waals surface area contributed by atoms with Crippen LogP contribution < -0.4 is 15.5 Å². The minimum atomic E-state index is 0. The molecule has 3 heterocycles. The van der Waals surface area contributed by atoms with E-state index in [4.69, 9.17) is 4.99 Å². The first-order valence-electron chi connectivity index (χ1n) is 11.1. The van der Waals surface area contributed by atoms with Crippen molar-refractivity contribution in [1.82, 2.24) is 25.2 Å². The molecule has 0 unspecified atom stereocenters. The van der Waals surface area contributed by atoms with Crippen LogP contribution in [-0.4, -0.2) is 46.2 Å². The molecule has 8 heteroatoms. The lowest BCUT2D eigenvalue weighted by Gasteiger charge is -2.33. The molecule has 0 spiro atoms. The fraction of sp³-hybridized carbons (Fsp3) is 0.375. The number of pyridine rings is 1. The summed E-state index contributed by atoms with van der Waals surface area (Å²) in [5, 5.41) is 7.00. The van der Waals surface area contributed by atoms with E-state index in [1.807, 2.05) is 36.8 Å². The Kier molecular flexibility index (Phi) is 9.33. The zero-order valence-electron chi connectivity index (χ0n) is 18.5. The van der Waals surface area contributed by atoms with Gasteiger partial charge in [-0.05, 0) is 37.5 Å². The third kappa shape index (κ3) is 6.69. The van der Waals surface area contributed by atoms with Crippen LogP contribution in [0.1, 0.15) is 31.2 Å². The van der Waals surface area contributed by atoms with Crippen LogP contribution in [0, 0.1) is 0 Å². The number of hydrogen-bond donors (Lipinski definition) is 2. The largest absolute Gasteiger partial charge is 0.357 e. The van der Waals surface area contributed by atoms with Gasteiger partial charge in [0.25, 0.3) is 0 Å². The Morgan fingerprint density at radius 2 is 1.81 bits per heavy atom. The molecule has 1 aromatic carbocycles. The third-order valence-electron chi connectivity index (χ3n) is 5.53. The Bertz CT molecular complexity index is 951. The number of nitrogens with zero attached hydrogens (tertiary/aromatic N) is 5. The molecular formula is C24H32IN7. The summed E-state index contributed by atoms with van der Waals surface area (Å²) in [5.74, 6) is 2.88. The minimum absolute atomic E-state index is 0. The molecule has 1 aliphatic rings. The number of aromatic nitrogens is 3. The molecule has 0 amide bonds. The van der Waals surface area contributed by atoms with E-state index in [9.17, 15) is 0 Å². The summed E-state index contributed by atoms with van der Waals surface area (Å²) < 4.78 is 2.16. The van der Waals surface area contributed by atoms with Crippen molar-refractivity contribution in [2.45, 2.75) is 38.9 Å². The zero-order valence-corrected chi connectivity index (χ0v) is 20.9. The molecule has 2 aromatic heterocycles. The number of aliphatic imine (C=N–C) groups is 1. The van der Waals surface area contributed by atoms with Crippen molar-refractivity contribution >= 4 is 35.8 Å². The number of rotatable bonds is 7. The van der Waals surface area contributed by atoms with Crippen molar-refractivity contribution in [3.05, 3.63) is 78.5 Å². The lowest BCUT2D eigenvalue weighted by atomic mass is 10.1. The highest BCUT2D eigenvalue weighted by molar-refractivity contribution is 14.0. The molecule has 7 nitrogen and oxygen atoms in total. The number of imidazole rings is 1. The molecular weight excluding hydrogens is 513 g/mol. The molecule has 0 saturated carbocycles. The standard InChI is InChI=1S/C24H31N7.HI/c1-2-25-24(29-21-11-15-30(16-12-21)22-10-6-7-13-26-22)28-18-23-27-14-17-31(23)19-20-8-4-3-5-9-20;/h3-10,13-14,17,21H,2,11-12,15-16,18-19H2,1H3,(H2,25,28,29);1H. The molecule has 2 N–H and O–H groups in total. The van der Waals surface area contributed by atoms with Crippen LogP contribution in [0.4, 0.5) is 5.82 Å². The van der Waals surface area contributed by atoms with Gasteiger partial charge in [-0.1, -0.05) is 36.4 Å². The SMILES string of the molecule is CCNC(=NCc1nccn1Cc1ccccc1)NC1CCN(c2ccccn2)CC1.I. The van der Waals surface area contributed by atoms with E-state index in [0.717, 1.165) is 56.6 Å².